The van der Waals surface area contributed by atoms with E-state index in [1.807, 2.05) is 0 Å². The van der Waals surface area contributed by atoms with Crippen molar-refractivity contribution in [2.75, 3.05) is 5.75 Å². The van der Waals surface area contributed by atoms with Crippen molar-refractivity contribution in [2.45, 2.75) is 30.7 Å². The Hall–Kier alpha value is -0.740. The first kappa shape index (κ1) is 12.7. The molecule has 0 saturated heterocycles. The highest BCUT2D eigenvalue weighted by Gasteiger charge is 2.16. The average Bonchev–Trinajstić information content (AvgIpc) is 2.78. The molecule has 0 atom stereocenters. The predicted molar refractivity (Wildman–Crippen MR) is 68.9 cm³/mol. The van der Waals surface area contributed by atoms with E-state index in [4.69, 9.17) is 16.7 Å². The summed E-state index contributed by atoms with van der Waals surface area (Å²) < 4.78 is 0. The Balaban J connectivity index is 2.01. The maximum absolute atomic E-state index is 10.9. The second kappa shape index (κ2) is 5.74. The van der Waals surface area contributed by atoms with Crippen molar-refractivity contribution < 1.29 is 9.90 Å². The molecule has 3 nitrogen and oxygen atoms in total. The van der Waals surface area contributed by atoms with Crippen LogP contribution in [0, 0.1) is 5.92 Å². The van der Waals surface area contributed by atoms with Crippen LogP contribution in [-0.4, -0.2) is 21.8 Å². The minimum atomic E-state index is -0.961. The Bertz CT molecular complexity index is 419. The van der Waals surface area contributed by atoms with E-state index in [1.54, 1.807) is 17.8 Å². The topological polar surface area (TPSA) is 50.2 Å². The zero-order valence-electron chi connectivity index (χ0n) is 9.36. The van der Waals surface area contributed by atoms with Gasteiger partial charge in [0.15, 0.2) is 0 Å². The third-order valence-corrected chi connectivity index (χ3v) is 4.30. The number of nitrogens with zero attached hydrogens (tertiary/aromatic N) is 1. The molecule has 17 heavy (non-hydrogen) atoms. The summed E-state index contributed by atoms with van der Waals surface area (Å²) in [6.45, 7) is 0. The molecule has 0 unspecified atom stereocenters. The van der Waals surface area contributed by atoms with Crippen molar-refractivity contribution in [3.05, 3.63) is 22.8 Å². The van der Waals surface area contributed by atoms with Gasteiger partial charge >= 0.3 is 5.97 Å². The predicted octanol–water partition coefficient (Wildman–Crippen LogP) is 3.72. The second-order valence-corrected chi connectivity index (χ2v) is 5.71. The molecule has 5 heteroatoms. The molecule has 1 aliphatic carbocycles. The smallest absolute Gasteiger partial charge is 0.335 e. The van der Waals surface area contributed by atoms with Crippen LogP contribution in [-0.2, 0) is 0 Å². The lowest BCUT2D eigenvalue weighted by molar-refractivity contribution is 0.0696. The molecule has 0 aromatic carbocycles. The number of hydrogen-bond acceptors (Lipinski definition) is 3. The number of thioether (sulfide) groups is 1. The van der Waals surface area contributed by atoms with E-state index in [1.165, 1.54) is 31.7 Å². The van der Waals surface area contributed by atoms with E-state index < -0.39 is 5.97 Å². The molecule has 2 rings (SSSR count). The Labute approximate surface area is 110 Å². The third kappa shape index (κ3) is 3.61. The molecule has 1 aromatic rings. The first-order valence-corrected chi connectivity index (χ1v) is 7.05. The molecule has 0 radical (unpaired) electrons. The van der Waals surface area contributed by atoms with Crippen LogP contribution in [0.15, 0.2) is 17.2 Å². The zero-order valence-corrected chi connectivity index (χ0v) is 10.9. The molecule has 1 heterocycles. The van der Waals surface area contributed by atoms with E-state index in [9.17, 15) is 4.79 Å². The summed E-state index contributed by atoms with van der Waals surface area (Å²) >= 11 is 7.41. The van der Waals surface area contributed by atoms with Gasteiger partial charge in [0.2, 0.25) is 0 Å². The van der Waals surface area contributed by atoms with E-state index in [0.717, 1.165) is 11.7 Å². The molecule has 0 amide bonds. The summed E-state index contributed by atoms with van der Waals surface area (Å²) in [4.78, 5) is 15.0. The lowest BCUT2D eigenvalue weighted by Crippen LogP contribution is -2.00. The monoisotopic (exact) mass is 271 g/mol. The maximum Gasteiger partial charge on any atom is 0.335 e. The van der Waals surface area contributed by atoms with Crippen molar-refractivity contribution in [1.82, 2.24) is 4.98 Å². The number of carbonyl (C=O) groups is 1. The number of hydrogen-bond donors (Lipinski definition) is 1. The summed E-state index contributed by atoms with van der Waals surface area (Å²) in [5.74, 6) is 0.790. The second-order valence-electron chi connectivity index (χ2n) is 4.28. The van der Waals surface area contributed by atoms with Gasteiger partial charge in [-0.3, -0.25) is 0 Å². The minimum Gasteiger partial charge on any atom is -0.478 e. The fourth-order valence-corrected chi connectivity index (χ4v) is 3.42. The van der Waals surface area contributed by atoms with Crippen molar-refractivity contribution in [2.24, 2.45) is 5.92 Å². The fourth-order valence-electron chi connectivity index (χ4n) is 2.05. The lowest BCUT2D eigenvalue weighted by Gasteiger charge is -2.08. The van der Waals surface area contributed by atoms with Crippen LogP contribution < -0.4 is 0 Å². The van der Waals surface area contributed by atoms with Gasteiger partial charge in [0.25, 0.3) is 0 Å². The zero-order chi connectivity index (χ0) is 12.3. The van der Waals surface area contributed by atoms with Crippen LogP contribution in [0.1, 0.15) is 36.0 Å². The molecule has 92 valence electrons. The van der Waals surface area contributed by atoms with Crippen molar-refractivity contribution in [1.29, 1.82) is 0 Å². The van der Waals surface area contributed by atoms with E-state index >= 15 is 0 Å². The largest absolute Gasteiger partial charge is 0.478 e. The molecular formula is C12H14ClNO2S. The van der Waals surface area contributed by atoms with Crippen LogP contribution in [0.4, 0.5) is 0 Å². The summed E-state index contributed by atoms with van der Waals surface area (Å²) in [7, 11) is 0. The van der Waals surface area contributed by atoms with Gasteiger partial charge in [0.05, 0.1) is 10.6 Å². The Morgan fingerprint density at radius 3 is 2.82 bits per heavy atom. The molecule has 1 aromatic heterocycles. The van der Waals surface area contributed by atoms with Crippen molar-refractivity contribution >= 4 is 29.3 Å². The maximum atomic E-state index is 10.9. The summed E-state index contributed by atoms with van der Waals surface area (Å²) in [5.41, 5.74) is 0.207. The average molecular weight is 272 g/mol. The normalized spacial score (nSPS) is 16.3. The molecule has 0 aliphatic heterocycles. The molecule has 0 bridgehead atoms. The number of aromatic carboxylic acids is 1. The molecular weight excluding hydrogens is 258 g/mol. The van der Waals surface area contributed by atoms with Gasteiger partial charge in [0, 0.05) is 5.75 Å². The quantitative estimate of drug-likeness (QED) is 0.670. The van der Waals surface area contributed by atoms with Gasteiger partial charge in [-0.05, 0) is 30.9 Å². The molecule has 0 spiro atoms. The highest BCUT2D eigenvalue weighted by molar-refractivity contribution is 7.99. The Kier molecular flexibility index (Phi) is 4.29. The summed E-state index contributed by atoms with van der Waals surface area (Å²) in [6.07, 6.45) is 5.18. The Morgan fingerprint density at radius 1 is 1.47 bits per heavy atom. The number of aromatic nitrogens is 1. The van der Waals surface area contributed by atoms with Gasteiger partial charge in [-0.25, -0.2) is 9.78 Å². The fraction of sp³-hybridized carbons (Fsp3) is 0.500. The lowest BCUT2D eigenvalue weighted by atomic mass is 10.1. The third-order valence-electron chi connectivity index (χ3n) is 2.96. The van der Waals surface area contributed by atoms with E-state index in [2.05, 4.69) is 4.98 Å². The van der Waals surface area contributed by atoms with Crippen molar-refractivity contribution in [3.63, 3.8) is 0 Å². The first-order chi connectivity index (χ1) is 8.15. The Morgan fingerprint density at radius 2 is 2.18 bits per heavy atom. The van der Waals surface area contributed by atoms with Gasteiger partial charge in [-0.1, -0.05) is 24.4 Å². The van der Waals surface area contributed by atoms with Gasteiger partial charge in [-0.2, -0.15) is 0 Å². The minimum absolute atomic E-state index is 0.207. The summed E-state index contributed by atoms with van der Waals surface area (Å²) in [6, 6.07) is 2.97. The summed E-state index contributed by atoms with van der Waals surface area (Å²) in [5, 5.41) is 9.88. The SMILES string of the molecule is O=C(O)c1cc(Cl)nc(SCC2CCCC2)c1. The number of rotatable bonds is 4. The molecule has 1 fully saturated rings. The van der Waals surface area contributed by atoms with E-state index in [-0.39, 0.29) is 10.7 Å². The van der Waals surface area contributed by atoms with Crippen LogP contribution in [0.25, 0.3) is 0 Å². The van der Waals surface area contributed by atoms with Crippen LogP contribution in [0.5, 0.6) is 0 Å². The van der Waals surface area contributed by atoms with E-state index in [0.29, 0.717) is 5.03 Å². The highest BCUT2D eigenvalue weighted by atomic mass is 35.5. The highest BCUT2D eigenvalue weighted by Crippen LogP contribution is 2.31. The molecule has 1 aliphatic rings. The van der Waals surface area contributed by atoms with Gasteiger partial charge in [-0.15, -0.1) is 11.8 Å². The van der Waals surface area contributed by atoms with Crippen molar-refractivity contribution in [3.8, 4) is 0 Å². The number of carboxylic acids is 1. The van der Waals surface area contributed by atoms with Crippen LogP contribution in [0.3, 0.4) is 0 Å². The molecule has 1 saturated carbocycles. The first-order valence-electron chi connectivity index (χ1n) is 5.69. The number of carboxylic acid groups (broad SMARTS) is 1. The standard InChI is InChI=1S/C12H14ClNO2S/c13-10-5-9(12(15)16)6-11(14-10)17-7-8-3-1-2-4-8/h5-6,8H,1-4,7H2,(H,15,16). The van der Waals surface area contributed by atoms with Crippen LogP contribution in [0.2, 0.25) is 5.15 Å². The van der Waals surface area contributed by atoms with Gasteiger partial charge < -0.3 is 5.11 Å². The number of halogens is 1. The van der Waals surface area contributed by atoms with Gasteiger partial charge in [0.1, 0.15) is 5.15 Å². The number of pyridine rings is 1. The van der Waals surface area contributed by atoms with Crippen LogP contribution >= 0.6 is 23.4 Å². The molecule has 1 N–H and O–H groups in total.